The lowest BCUT2D eigenvalue weighted by Crippen LogP contribution is -2.46. The first kappa shape index (κ1) is 25.6. The fourth-order valence-electron chi connectivity index (χ4n) is 4.09. The number of carbonyl (C=O) groups is 2. The number of nitrogens with zero attached hydrogens (tertiary/aromatic N) is 3. The Morgan fingerprint density at radius 3 is 2.71 bits per heavy atom. The Kier molecular flexibility index (Phi) is 9.01. The number of likely N-dealkylation sites (N-methyl/N-ethyl adjacent to an activating group) is 1. The van der Waals surface area contributed by atoms with Gasteiger partial charge in [0.15, 0.2) is 0 Å². The molecule has 0 saturated carbocycles. The third-order valence-electron chi connectivity index (χ3n) is 6.27. The number of amides is 2. The van der Waals surface area contributed by atoms with Crippen molar-refractivity contribution >= 4 is 17.5 Å². The van der Waals surface area contributed by atoms with Crippen LogP contribution in [0.25, 0.3) is 0 Å². The van der Waals surface area contributed by atoms with E-state index in [2.05, 4.69) is 29.0 Å². The summed E-state index contributed by atoms with van der Waals surface area (Å²) in [7, 11) is 3.47. The number of carbonyl (C=O) groups excluding carboxylic acids is 2. The summed E-state index contributed by atoms with van der Waals surface area (Å²) in [6, 6.07) is 11.2. The Hall–Kier alpha value is -2.97. The van der Waals surface area contributed by atoms with Crippen LogP contribution in [0.1, 0.15) is 43.2 Å². The average molecular weight is 469 g/mol. The fourth-order valence-corrected chi connectivity index (χ4v) is 4.09. The summed E-state index contributed by atoms with van der Waals surface area (Å²) in [5.74, 6) is 0.398. The van der Waals surface area contributed by atoms with Crippen LogP contribution in [-0.2, 0) is 16.1 Å². The van der Waals surface area contributed by atoms with Crippen LogP contribution in [-0.4, -0.2) is 72.6 Å². The molecule has 1 aliphatic heterocycles. The van der Waals surface area contributed by atoms with Gasteiger partial charge in [0.2, 0.25) is 5.91 Å². The van der Waals surface area contributed by atoms with E-state index >= 15 is 0 Å². The zero-order chi connectivity index (χ0) is 24.7. The number of fused-ring (bicyclic) bond motifs is 1. The molecule has 0 radical (unpaired) electrons. The summed E-state index contributed by atoms with van der Waals surface area (Å²) < 4.78 is 12.0. The normalized spacial score (nSPS) is 22.2. The van der Waals surface area contributed by atoms with Gasteiger partial charge in [0, 0.05) is 64.2 Å². The predicted molar refractivity (Wildman–Crippen MR) is 132 cm³/mol. The van der Waals surface area contributed by atoms with Crippen molar-refractivity contribution < 1.29 is 19.1 Å². The Morgan fingerprint density at radius 2 is 2.03 bits per heavy atom. The molecular weight excluding hydrogens is 432 g/mol. The van der Waals surface area contributed by atoms with E-state index in [4.69, 9.17) is 9.47 Å². The van der Waals surface area contributed by atoms with E-state index < -0.39 is 0 Å². The van der Waals surface area contributed by atoms with Gasteiger partial charge in [-0.15, -0.1) is 0 Å². The molecule has 2 amide bonds. The molecule has 2 heterocycles. The standard InChI is InChI=1S/C26H36N4O4/c1-6-25(31)28-20-10-11-22-23(13-20)34-17-19(3)30(15-21-9-7-8-12-27-21)14-18(2)24(33-5)16-29(4)26(22)32/h7-13,18-19,24H,6,14-17H2,1-5H3,(H,28,31)/t18-,19+,24-/m1/s1. The van der Waals surface area contributed by atoms with Crippen molar-refractivity contribution in [2.75, 3.05) is 39.2 Å². The Labute approximate surface area is 202 Å². The molecule has 1 aromatic carbocycles. The molecule has 8 heteroatoms. The van der Waals surface area contributed by atoms with Gasteiger partial charge in [-0.1, -0.05) is 19.9 Å². The van der Waals surface area contributed by atoms with E-state index in [0.717, 1.165) is 12.2 Å². The second-order valence-electron chi connectivity index (χ2n) is 8.96. The maximum absolute atomic E-state index is 13.3. The van der Waals surface area contributed by atoms with E-state index in [0.29, 0.717) is 43.1 Å². The predicted octanol–water partition coefficient (Wildman–Crippen LogP) is 3.44. The Bertz CT molecular complexity index is 969. The highest BCUT2D eigenvalue weighted by atomic mass is 16.5. The van der Waals surface area contributed by atoms with Crippen molar-refractivity contribution in [3.63, 3.8) is 0 Å². The van der Waals surface area contributed by atoms with Gasteiger partial charge < -0.3 is 19.7 Å². The quantitative estimate of drug-likeness (QED) is 0.724. The molecule has 0 fully saturated rings. The number of anilines is 1. The van der Waals surface area contributed by atoms with Crippen molar-refractivity contribution in [1.82, 2.24) is 14.8 Å². The third kappa shape index (κ3) is 6.55. The number of methoxy groups -OCH3 is 1. The van der Waals surface area contributed by atoms with Gasteiger partial charge in [0.1, 0.15) is 12.4 Å². The van der Waals surface area contributed by atoms with Gasteiger partial charge >= 0.3 is 0 Å². The molecule has 0 aliphatic carbocycles. The number of rotatable bonds is 5. The van der Waals surface area contributed by atoms with Crippen molar-refractivity contribution in [2.24, 2.45) is 5.92 Å². The molecule has 1 aliphatic rings. The van der Waals surface area contributed by atoms with Gasteiger partial charge in [-0.25, -0.2) is 0 Å². The molecule has 0 spiro atoms. The van der Waals surface area contributed by atoms with Gasteiger partial charge in [-0.05, 0) is 37.1 Å². The van der Waals surface area contributed by atoms with Crippen LogP contribution in [0.3, 0.4) is 0 Å². The van der Waals surface area contributed by atoms with E-state index in [-0.39, 0.29) is 29.9 Å². The monoisotopic (exact) mass is 468 g/mol. The van der Waals surface area contributed by atoms with Gasteiger partial charge in [-0.3, -0.25) is 19.5 Å². The molecule has 0 bridgehead atoms. The second kappa shape index (κ2) is 11.9. The highest BCUT2D eigenvalue weighted by molar-refractivity contribution is 5.98. The zero-order valence-electron chi connectivity index (χ0n) is 20.8. The van der Waals surface area contributed by atoms with Gasteiger partial charge in [-0.2, -0.15) is 0 Å². The molecule has 0 unspecified atom stereocenters. The number of nitrogens with one attached hydrogen (secondary N) is 1. The van der Waals surface area contributed by atoms with E-state index in [1.54, 1.807) is 50.4 Å². The van der Waals surface area contributed by atoms with Crippen LogP contribution in [0.2, 0.25) is 0 Å². The summed E-state index contributed by atoms with van der Waals surface area (Å²) in [6.07, 6.45) is 2.05. The van der Waals surface area contributed by atoms with Crippen molar-refractivity contribution in [1.29, 1.82) is 0 Å². The third-order valence-corrected chi connectivity index (χ3v) is 6.27. The number of hydrogen-bond donors (Lipinski definition) is 1. The lowest BCUT2D eigenvalue weighted by Gasteiger charge is -2.35. The summed E-state index contributed by atoms with van der Waals surface area (Å²) in [5, 5.41) is 2.85. The minimum absolute atomic E-state index is 0.0518. The van der Waals surface area contributed by atoms with Crippen LogP contribution in [0.5, 0.6) is 5.75 Å². The van der Waals surface area contributed by atoms with Crippen molar-refractivity contribution in [3.05, 3.63) is 53.9 Å². The van der Waals surface area contributed by atoms with Crippen LogP contribution < -0.4 is 10.1 Å². The second-order valence-corrected chi connectivity index (χ2v) is 8.96. The molecule has 2 aromatic rings. The lowest BCUT2D eigenvalue weighted by atomic mass is 10.0. The molecule has 184 valence electrons. The zero-order valence-corrected chi connectivity index (χ0v) is 20.8. The first-order valence-corrected chi connectivity index (χ1v) is 11.8. The maximum Gasteiger partial charge on any atom is 0.257 e. The number of aromatic nitrogens is 1. The van der Waals surface area contributed by atoms with Crippen molar-refractivity contribution in [3.8, 4) is 5.75 Å². The summed E-state index contributed by atoms with van der Waals surface area (Å²) in [6.45, 7) is 8.33. The van der Waals surface area contributed by atoms with Crippen LogP contribution >= 0.6 is 0 Å². The largest absolute Gasteiger partial charge is 0.491 e. The molecule has 1 N–H and O–H groups in total. The molecule has 1 aromatic heterocycles. The molecule has 8 nitrogen and oxygen atoms in total. The summed E-state index contributed by atoms with van der Waals surface area (Å²) >= 11 is 0. The minimum Gasteiger partial charge on any atom is -0.491 e. The number of ether oxygens (including phenoxy) is 2. The molecule has 0 saturated heterocycles. The topological polar surface area (TPSA) is 84.0 Å². The molecule has 34 heavy (non-hydrogen) atoms. The molecule has 3 atom stereocenters. The van der Waals surface area contributed by atoms with E-state index in [9.17, 15) is 9.59 Å². The van der Waals surface area contributed by atoms with E-state index in [1.807, 2.05) is 18.2 Å². The summed E-state index contributed by atoms with van der Waals surface area (Å²) in [4.78, 5) is 33.7. The van der Waals surface area contributed by atoms with E-state index in [1.165, 1.54) is 0 Å². The van der Waals surface area contributed by atoms with Gasteiger partial charge in [0.05, 0.1) is 17.4 Å². The summed E-state index contributed by atoms with van der Waals surface area (Å²) in [5.41, 5.74) is 2.05. The highest BCUT2D eigenvalue weighted by Gasteiger charge is 2.28. The number of hydrogen-bond acceptors (Lipinski definition) is 6. The molecule has 3 rings (SSSR count). The van der Waals surface area contributed by atoms with Gasteiger partial charge in [0.25, 0.3) is 5.91 Å². The van der Waals surface area contributed by atoms with Crippen LogP contribution in [0.4, 0.5) is 5.69 Å². The maximum atomic E-state index is 13.3. The SMILES string of the molecule is CCC(=O)Nc1ccc2c(c1)OC[C@H](C)N(Cc1ccccn1)C[C@@H](C)[C@H](OC)CN(C)C2=O. The molecular formula is C26H36N4O4. The Morgan fingerprint density at radius 1 is 1.24 bits per heavy atom. The minimum atomic E-state index is -0.142. The van der Waals surface area contributed by atoms with Crippen LogP contribution in [0, 0.1) is 5.92 Å². The first-order chi connectivity index (χ1) is 16.3. The van der Waals surface area contributed by atoms with Crippen LogP contribution in [0.15, 0.2) is 42.6 Å². The van der Waals surface area contributed by atoms with Crippen molar-refractivity contribution in [2.45, 2.75) is 45.9 Å². The highest BCUT2D eigenvalue weighted by Crippen LogP contribution is 2.27. The fraction of sp³-hybridized carbons (Fsp3) is 0.500. The smallest absolute Gasteiger partial charge is 0.257 e. The lowest BCUT2D eigenvalue weighted by molar-refractivity contribution is -0.115. The first-order valence-electron chi connectivity index (χ1n) is 11.8. The Balaban J connectivity index is 1.94. The number of benzene rings is 1. The average Bonchev–Trinajstić information content (AvgIpc) is 2.84. The number of pyridine rings is 1.